The molecule has 0 saturated carbocycles. The molecule has 2 aliphatic rings. The number of aromatic nitrogens is 2. The summed E-state index contributed by atoms with van der Waals surface area (Å²) in [5, 5.41) is 7.45. The van der Waals surface area contributed by atoms with E-state index in [1.54, 1.807) is 9.58 Å². The Morgan fingerprint density at radius 2 is 1.64 bits per heavy atom. The summed E-state index contributed by atoms with van der Waals surface area (Å²) in [4.78, 5) is 27.6. The quantitative estimate of drug-likeness (QED) is 0.640. The van der Waals surface area contributed by atoms with Crippen LogP contribution in [0.4, 0.5) is 11.5 Å². The van der Waals surface area contributed by atoms with E-state index >= 15 is 0 Å². The van der Waals surface area contributed by atoms with E-state index in [-0.39, 0.29) is 36.3 Å². The van der Waals surface area contributed by atoms with Crippen LogP contribution in [-0.4, -0.2) is 36.6 Å². The van der Waals surface area contributed by atoms with Crippen molar-refractivity contribution in [3.8, 4) is 5.69 Å². The van der Waals surface area contributed by atoms with E-state index < -0.39 is 15.8 Å². The Hall–Kier alpha value is -3.46. The highest BCUT2D eigenvalue weighted by Gasteiger charge is 2.38. The zero-order valence-corrected chi connectivity index (χ0v) is 19.2. The molecular formula is C24H24N4O4S. The lowest BCUT2D eigenvalue weighted by Crippen LogP contribution is -2.29. The third-order valence-corrected chi connectivity index (χ3v) is 7.72. The van der Waals surface area contributed by atoms with Gasteiger partial charge < -0.3 is 10.2 Å². The van der Waals surface area contributed by atoms with Crippen LogP contribution < -0.4 is 10.2 Å². The molecule has 1 saturated heterocycles. The number of hydrogen-bond acceptors (Lipinski definition) is 5. The number of para-hydroxylation sites is 2. The normalized spacial score (nSPS) is 19.0. The van der Waals surface area contributed by atoms with Crippen LogP contribution in [0.15, 0.2) is 48.5 Å². The van der Waals surface area contributed by atoms with E-state index in [0.717, 1.165) is 22.5 Å². The molecule has 33 heavy (non-hydrogen) atoms. The van der Waals surface area contributed by atoms with Gasteiger partial charge in [-0.15, -0.1) is 0 Å². The van der Waals surface area contributed by atoms with Crippen molar-refractivity contribution in [1.29, 1.82) is 0 Å². The molecule has 2 aromatic carbocycles. The molecule has 9 heteroatoms. The summed E-state index contributed by atoms with van der Waals surface area (Å²) in [5.74, 6) is -0.917. The second-order valence-electron chi connectivity index (χ2n) is 8.69. The fourth-order valence-corrected chi connectivity index (χ4v) is 6.04. The minimum atomic E-state index is -3.30. The van der Waals surface area contributed by atoms with Gasteiger partial charge in [0.15, 0.2) is 9.84 Å². The van der Waals surface area contributed by atoms with Gasteiger partial charge in [-0.3, -0.25) is 9.59 Å². The molecule has 8 nitrogen and oxygen atoms in total. The number of hydrogen-bond donors (Lipinski definition) is 1. The van der Waals surface area contributed by atoms with Crippen molar-refractivity contribution in [2.45, 2.75) is 31.8 Å². The molecule has 1 unspecified atom stereocenters. The predicted molar refractivity (Wildman–Crippen MR) is 125 cm³/mol. The van der Waals surface area contributed by atoms with E-state index in [1.165, 1.54) is 0 Å². The standard InChI is InChI=1S/C24H24N4O4S/c1-15-7-3-5-9-20(15)27-12-17(11-22(27)29)24(30)25-23-18-13-33(31,32)14-19(18)26-28(23)21-10-6-4-8-16(21)2/h3-10,17H,11-14H2,1-2H3,(H,25,30). The highest BCUT2D eigenvalue weighted by atomic mass is 32.2. The average Bonchev–Trinajstić information content (AvgIpc) is 3.39. The van der Waals surface area contributed by atoms with Crippen molar-refractivity contribution in [2.24, 2.45) is 5.92 Å². The van der Waals surface area contributed by atoms with E-state index in [2.05, 4.69) is 10.4 Å². The third-order valence-electron chi connectivity index (χ3n) is 6.27. The lowest BCUT2D eigenvalue weighted by Gasteiger charge is -2.19. The van der Waals surface area contributed by atoms with Gasteiger partial charge in [-0.1, -0.05) is 36.4 Å². The smallest absolute Gasteiger partial charge is 0.230 e. The first-order valence-electron chi connectivity index (χ1n) is 10.8. The van der Waals surface area contributed by atoms with Crippen LogP contribution in [0.5, 0.6) is 0 Å². The predicted octanol–water partition coefficient (Wildman–Crippen LogP) is 2.91. The topological polar surface area (TPSA) is 101 Å². The van der Waals surface area contributed by atoms with Crippen LogP contribution in [0.2, 0.25) is 0 Å². The second kappa shape index (κ2) is 7.84. The maximum absolute atomic E-state index is 13.3. The molecule has 3 aromatic rings. The summed E-state index contributed by atoms with van der Waals surface area (Å²) >= 11 is 0. The minimum absolute atomic E-state index is 0.0964. The number of sulfone groups is 1. The molecule has 0 spiro atoms. The Kier molecular flexibility index (Phi) is 5.08. The highest BCUT2D eigenvalue weighted by Crippen LogP contribution is 2.35. The zero-order chi connectivity index (χ0) is 23.3. The van der Waals surface area contributed by atoms with Crippen molar-refractivity contribution in [2.75, 3.05) is 16.8 Å². The van der Waals surface area contributed by atoms with Crippen molar-refractivity contribution in [3.63, 3.8) is 0 Å². The molecule has 1 N–H and O–H groups in total. The summed E-state index contributed by atoms with van der Waals surface area (Å²) in [6.07, 6.45) is 0.0964. The molecule has 1 atom stereocenters. The monoisotopic (exact) mass is 464 g/mol. The van der Waals surface area contributed by atoms with Gasteiger partial charge in [0.2, 0.25) is 11.8 Å². The molecule has 0 bridgehead atoms. The largest absolute Gasteiger partial charge is 0.311 e. The molecule has 1 aromatic heterocycles. The van der Waals surface area contributed by atoms with Crippen LogP contribution in [0.3, 0.4) is 0 Å². The number of fused-ring (bicyclic) bond motifs is 1. The molecule has 5 rings (SSSR count). The molecule has 1 fully saturated rings. The van der Waals surface area contributed by atoms with Gasteiger partial charge in [0.25, 0.3) is 0 Å². The van der Waals surface area contributed by atoms with E-state index in [4.69, 9.17) is 0 Å². The number of aryl methyl sites for hydroxylation is 2. The first-order chi connectivity index (χ1) is 15.7. The third kappa shape index (κ3) is 3.82. The zero-order valence-electron chi connectivity index (χ0n) is 18.4. The van der Waals surface area contributed by atoms with Crippen molar-refractivity contribution in [1.82, 2.24) is 9.78 Å². The summed E-state index contributed by atoms with van der Waals surface area (Å²) in [6.45, 7) is 4.13. The molecule has 0 radical (unpaired) electrons. The summed E-state index contributed by atoms with van der Waals surface area (Å²) in [7, 11) is -3.30. The van der Waals surface area contributed by atoms with Gasteiger partial charge >= 0.3 is 0 Å². The highest BCUT2D eigenvalue weighted by molar-refractivity contribution is 7.90. The Morgan fingerprint density at radius 3 is 2.30 bits per heavy atom. The number of benzene rings is 2. The molecule has 2 amide bonds. The van der Waals surface area contributed by atoms with Crippen LogP contribution in [-0.2, 0) is 30.9 Å². The maximum Gasteiger partial charge on any atom is 0.230 e. The van der Waals surface area contributed by atoms with Crippen LogP contribution >= 0.6 is 0 Å². The number of rotatable bonds is 4. The Labute approximate surface area is 192 Å². The number of carbonyl (C=O) groups is 2. The fourth-order valence-electron chi connectivity index (χ4n) is 4.55. The van der Waals surface area contributed by atoms with Gasteiger partial charge in [-0.05, 0) is 37.1 Å². The van der Waals surface area contributed by atoms with Crippen molar-refractivity contribution >= 4 is 33.2 Å². The number of carbonyl (C=O) groups excluding carboxylic acids is 2. The Morgan fingerprint density at radius 1 is 1.00 bits per heavy atom. The second-order valence-corrected chi connectivity index (χ2v) is 10.8. The number of anilines is 2. The number of amides is 2. The molecule has 3 heterocycles. The van der Waals surface area contributed by atoms with Crippen LogP contribution in [0, 0.1) is 19.8 Å². The SMILES string of the molecule is Cc1ccccc1N1CC(C(=O)Nc2c3c(nn2-c2ccccc2C)CS(=O)(=O)C3)CC1=O. The lowest BCUT2D eigenvalue weighted by atomic mass is 10.1. The summed E-state index contributed by atoms with van der Waals surface area (Å²) in [6, 6.07) is 15.2. The lowest BCUT2D eigenvalue weighted by molar-refractivity contribution is -0.122. The first kappa shape index (κ1) is 21.4. The van der Waals surface area contributed by atoms with Gasteiger partial charge in [-0.2, -0.15) is 5.10 Å². The van der Waals surface area contributed by atoms with Crippen LogP contribution in [0.1, 0.15) is 28.8 Å². The Bertz CT molecular complexity index is 1390. The van der Waals surface area contributed by atoms with E-state index in [9.17, 15) is 18.0 Å². The maximum atomic E-state index is 13.3. The van der Waals surface area contributed by atoms with Gasteiger partial charge in [0, 0.05) is 24.2 Å². The van der Waals surface area contributed by atoms with Gasteiger partial charge in [0.05, 0.1) is 28.8 Å². The average molecular weight is 465 g/mol. The van der Waals surface area contributed by atoms with Gasteiger partial charge in [-0.25, -0.2) is 13.1 Å². The van der Waals surface area contributed by atoms with E-state index in [1.807, 2.05) is 62.4 Å². The fraction of sp³-hybridized carbons (Fsp3) is 0.292. The number of nitrogens with zero attached hydrogens (tertiary/aromatic N) is 3. The minimum Gasteiger partial charge on any atom is -0.311 e. The molecule has 2 aliphatic heterocycles. The summed E-state index contributed by atoms with van der Waals surface area (Å²) in [5.41, 5.74) is 4.45. The number of nitrogens with one attached hydrogen (secondary N) is 1. The Balaban J connectivity index is 1.46. The molecular weight excluding hydrogens is 440 g/mol. The first-order valence-corrected chi connectivity index (χ1v) is 12.6. The molecule has 0 aliphatic carbocycles. The van der Waals surface area contributed by atoms with Crippen LogP contribution in [0.25, 0.3) is 5.69 Å². The van der Waals surface area contributed by atoms with Crippen molar-refractivity contribution < 1.29 is 18.0 Å². The van der Waals surface area contributed by atoms with E-state index in [0.29, 0.717) is 17.1 Å². The molecule has 170 valence electrons. The summed E-state index contributed by atoms with van der Waals surface area (Å²) < 4.78 is 26.1. The van der Waals surface area contributed by atoms with Crippen molar-refractivity contribution in [3.05, 3.63) is 70.9 Å². The van der Waals surface area contributed by atoms with Gasteiger partial charge in [0.1, 0.15) is 5.82 Å².